The summed E-state index contributed by atoms with van der Waals surface area (Å²) < 4.78 is 25.6. The van der Waals surface area contributed by atoms with Crippen LogP contribution in [0.2, 0.25) is 10.2 Å². The lowest BCUT2D eigenvalue weighted by molar-refractivity contribution is 0.282. The van der Waals surface area contributed by atoms with E-state index in [-0.39, 0.29) is 19.8 Å². The second-order valence-corrected chi connectivity index (χ2v) is 12.9. The first kappa shape index (κ1) is 36.3. The molecule has 0 aliphatic carbocycles. The number of aliphatic hydroxyl groups is 1. The molecule has 56 heavy (non-hydrogen) atoms. The first-order valence-corrected chi connectivity index (χ1v) is 17.8. The van der Waals surface area contributed by atoms with Gasteiger partial charge in [-0.1, -0.05) is 35.3 Å². The first-order chi connectivity index (χ1) is 27.4. The number of ether oxygens (including phenoxy) is 4. The minimum Gasteiger partial charge on any atom is -0.497 e. The Balaban J connectivity index is 0.000000164. The van der Waals surface area contributed by atoms with Gasteiger partial charge >= 0.3 is 0 Å². The van der Waals surface area contributed by atoms with Crippen LogP contribution in [0.5, 0.6) is 23.0 Å². The molecule has 0 bridgehead atoms. The minimum absolute atomic E-state index is 0.116. The molecule has 17 heteroatoms. The van der Waals surface area contributed by atoms with Crippen molar-refractivity contribution in [1.82, 2.24) is 49.6 Å². The summed E-state index contributed by atoms with van der Waals surface area (Å²) in [6.07, 6.45) is 3.38. The highest BCUT2D eigenvalue weighted by Crippen LogP contribution is 2.30. The molecule has 9 aromatic rings. The molecule has 3 aromatic carbocycles. The van der Waals surface area contributed by atoms with Crippen LogP contribution in [0.3, 0.4) is 0 Å². The van der Waals surface area contributed by atoms with Gasteiger partial charge in [-0.15, -0.1) is 20.4 Å². The van der Waals surface area contributed by atoms with E-state index < -0.39 is 0 Å². The zero-order valence-corrected chi connectivity index (χ0v) is 31.3. The lowest BCUT2D eigenvalue weighted by atomic mass is 10.1. The van der Waals surface area contributed by atoms with Gasteiger partial charge in [0.15, 0.2) is 22.9 Å². The Hall–Kier alpha value is -6.68. The van der Waals surface area contributed by atoms with E-state index in [1.165, 1.54) is 0 Å². The molecule has 1 N–H and O–H groups in total. The fourth-order valence-corrected chi connectivity index (χ4v) is 6.19. The van der Waals surface area contributed by atoms with Gasteiger partial charge in [-0.25, -0.2) is 0 Å². The van der Waals surface area contributed by atoms with Crippen LogP contribution in [-0.4, -0.2) is 68.9 Å². The largest absolute Gasteiger partial charge is 0.497 e. The van der Waals surface area contributed by atoms with Gasteiger partial charge in [0.05, 0.1) is 37.6 Å². The number of methoxy groups -OCH3 is 2. The van der Waals surface area contributed by atoms with Crippen LogP contribution in [0.4, 0.5) is 0 Å². The Labute approximate surface area is 328 Å². The molecule has 0 amide bonds. The molecule has 6 aromatic heterocycles. The third-order valence-electron chi connectivity index (χ3n) is 8.67. The van der Waals surface area contributed by atoms with Crippen molar-refractivity contribution in [2.24, 2.45) is 0 Å². The number of pyridine rings is 2. The number of aromatic nitrogens is 10. The van der Waals surface area contributed by atoms with Crippen LogP contribution in [0.25, 0.3) is 44.4 Å². The Morgan fingerprint density at radius 1 is 0.607 bits per heavy atom. The third kappa shape index (κ3) is 7.50. The summed E-state index contributed by atoms with van der Waals surface area (Å²) in [5.41, 5.74) is 4.97. The molecule has 0 atom stereocenters. The molecule has 0 radical (unpaired) electrons. The van der Waals surface area contributed by atoms with Gasteiger partial charge in [-0.05, 0) is 72.3 Å². The minimum atomic E-state index is -0.116. The predicted octanol–water partition coefficient (Wildman–Crippen LogP) is 6.99. The van der Waals surface area contributed by atoms with Crippen molar-refractivity contribution in [2.45, 2.75) is 19.8 Å². The highest BCUT2D eigenvalue weighted by Gasteiger charge is 2.13. The molecule has 0 aliphatic heterocycles. The molecular weight excluding hydrogens is 759 g/mol. The van der Waals surface area contributed by atoms with Gasteiger partial charge in [0.2, 0.25) is 0 Å². The highest BCUT2D eigenvalue weighted by molar-refractivity contribution is 6.31. The van der Waals surface area contributed by atoms with Gasteiger partial charge < -0.3 is 24.1 Å². The van der Waals surface area contributed by atoms with Gasteiger partial charge in [0.25, 0.3) is 0 Å². The molecule has 0 fully saturated rings. The maximum atomic E-state index is 9.33. The van der Waals surface area contributed by atoms with Gasteiger partial charge in [0.1, 0.15) is 41.4 Å². The van der Waals surface area contributed by atoms with E-state index in [9.17, 15) is 5.11 Å². The predicted molar refractivity (Wildman–Crippen MR) is 208 cm³/mol. The molecule has 280 valence electrons. The third-order valence-corrected chi connectivity index (χ3v) is 9.23. The van der Waals surface area contributed by atoms with E-state index in [1.54, 1.807) is 66.0 Å². The first-order valence-electron chi connectivity index (χ1n) is 17.0. The average molecular weight is 790 g/mol. The Kier molecular flexibility index (Phi) is 10.4. The van der Waals surface area contributed by atoms with Crippen LogP contribution in [0.1, 0.15) is 17.2 Å². The van der Waals surface area contributed by atoms with Crippen molar-refractivity contribution in [3.8, 4) is 34.3 Å². The number of halogens is 2. The smallest absolute Gasteiger partial charge is 0.192 e. The monoisotopic (exact) mass is 788 g/mol. The van der Waals surface area contributed by atoms with Crippen LogP contribution >= 0.6 is 23.2 Å². The van der Waals surface area contributed by atoms with E-state index in [0.29, 0.717) is 55.9 Å². The zero-order valence-electron chi connectivity index (χ0n) is 29.7. The van der Waals surface area contributed by atoms with Crippen LogP contribution in [-0.2, 0) is 19.8 Å². The fourth-order valence-electron chi connectivity index (χ4n) is 5.81. The number of rotatable bonds is 10. The second kappa shape index (κ2) is 16.0. The summed E-state index contributed by atoms with van der Waals surface area (Å²) in [5, 5.41) is 37.3. The summed E-state index contributed by atoms with van der Waals surface area (Å²) in [5.74, 6) is 3.96. The van der Waals surface area contributed by atoms with Crippen LogP contribution in [0.15, 0.2) is 103 Å². The summed E-state index contributed by atoms with van der Waals surface area (Å²) in [6, 6.07) is 27.4. The second-order valence-electron chi connectivity index (χ2n) is 12.1. The fraction of sp³-hybridized carbons (Fsp3) is 0.128. The van der Waals surface area contributed by atoms with E-state index in [1.807, 2.05) is 60.7 Å². The van der Waals surface area contributed by atoms with Crippen molar-refractivity contribution in [3.63, 3.8) is 0 Å². The van der Waals surface area contributed by atoms with E-state index >= 15 is 0 Å². The quantitative estimate of drug-likeness (QED) is 0.151. The molecule has 0 saturated carbocycles. The number of nitrogens with zero attached hydrogens (tertiary/aromatic N) is 10. The number of aliphatic hydroxyl groups excluding tert-OH is 1. The van der Waals surface area contributed by atoms with Crippen molar-refractivity contribution >= 4 is 56.3 Å². The SMILES string of the molecule is COc1ccc2c(OCc3nnc4ccc(-c5ccc(CO)c(Cl)c5)nn34)ccnc2c1.COc1ccc2c(OCc3nnc4ccc(Cl)nn34)ccnc2c1. The van der Waals surface area contributed by atoms with Crippen LogP contribution < -0.4 is 18.9 Å². The number of benzene rings is 3. The number of hydrogen-bond acceptors (Lipinski definition) is 13. The topological polar surface area (TPSA) is 169 Å². The molecule has 6 heterocycles. The summed E-state index contributed by atoms with van der Waals surface area (Å²) in [4.78, 5) is 8.71. The van der Waals surface area contributed by atoms with Crippen molar-refractivity contribution in [3.05, 3.63) is 131 Å². The van der Waals surface area contributed by atoms with Gasteiger partial charge in [0, 0.05) is 45.9 Å². The molecule has 9 rings (SSSR count). The zero-order chi connectivity index (χ0) is 38.6. The molecule has 0 saturated heterocycles. The van der Waals surface area contributed by atoms with E-state index in [0.717, 1.165) is 38.9 Å². The summed E-state index contributed by atoms with van der Waals surface area (Å²) in [7, 11) is 3.24. The van der Waals surface area contributed by atoms with E-state index in [4.69, 9.17) is 42.1 Å². The number of hydrogen-bond donors (Lipinski definition) is 1. The summed E-state index contributed by atoms with van der Waals surface area (Å²) in [6.45, 7) is 0.265. The maximum Gasteiger partial charge on any atom is 0.192 e. The molecule has 0 aliphatic rings. The standard InChI is InChI=1S/C23H18ClN5O3.C16H12ClN5O2/c1-31-16-4-5-17-20(11-16)25-9-8-21(17)32-13-23-27-26-22-7-6-19(28-29(22)23)14-2-3-15(12-30)18(24)10-14;1-23-10-2-3-11-12(8-10)18-7-6-13(11)24-9-16-20-19-15-5-4-14(17)21-22(15)16/h2-11,30H,12-13H2,1H3;2-8H,9H2,1H3. The highest BCUT2D eigenvalue weighted by atomic mass is 35.5. The van der Waals surface area contributed by atoms with Crippen LogP contribution in [0, 0.1) is 0 Å². The Bertz CT molecular complexity index is 2850. The lowest BCUT2D eigenvalue weighted by Crippen LogP contribution is -2.05. The van der Waals surface area contributed by atoms with Crippen molar-refractivity contribution in [2.75, 3.05) is 14.2 Å². The maximum absolute atomic E-state index is 9.33. The molecule has 0 spiro atoms. The lowest BCUT2D eigenvalue weighted by Gasteiger charge is -2.09. The molecular formula is C39H30Cl2N10O5. The number of fused-ring (bicyclic) bond motifs is 4. The van der Waals surface area contributed by atoms with Gasteiger partial charge in [-0.2, -0.15) is 19.2 Å². The van der Waals surface area contributed by atoms with Crippen molar-refractivity contribution in [1.29, 1.82) is 0 Å². The van der Waals surface area contributed by atoms with E-state index in [2.05, 4.69) is 40.6 Å². The van der Waals surface area contributed by atoms with Crippen molar-refractivity contribution < 1.29 is 24.1 Å². The normalized spacial score (nSPS) is 11.2. The Morgan fingerprint density at radius 3 is 1.73 bits per heavy atom. The average Bonchev–Trinajstić information content (AvgIpc) is 3.84. The molecule has 15 nitrogen and oxygen atoms in total. The Morgan fingerprint density at radius 2 is 1.18 bits per heavy atom. The van der Waals surface area contributed by atoms with Gasteiger partial charge in [-0.3, -0.25) is 9.97 Å². The molecule has 0 unspecified atom stereocenters. The summed E-state index contributed by atoms with van der Waals surface area (Å²) >= 11 is 12.2.